The van der Waals surface area contributed by atoms with Crippen molar-refractivity contribution in [2.75, 3.05) is 98.9 Å². The first-order chi connectivity index (χ1) is 29.3. The number of fused-ring (bicyclic) bond motifs is 3. The van der Waals surface area contributed by atoms with Gasteiger partial charge in [0.15, 0.2) is 6.49 Å². The van der Waals surface area contributed by atoms with Crippen molar-refractivity contribution < 1.29 is 57.0 Å². The third-order valence-electron chi connectivity index (χ3n) is 10.9. The first kappa shape index (κ1) is 54.0. The number of ether oxygens (including phenoxy) is 6. The third kappa shape index (κ3) is 21.7. The molecular formula is C43H69N4O12PS. The first-order valence-electron chi connectivity index (χ1n) is 21.2. The predicted octanol–water partition coefficient (Wildman–Crippen LogP) is 2.35. The molecule has 5 N–H and O–H groups in total. The Morgan fingerprint density at radius 1 is 0.623 bits per heavy atom. The van der Waals surface area contributed by atoms with E-state index in [0.717, 1.165) is 0 Å². The molecule has 0 aromatic carbocycles. The van der Waals surface area contributed by atoms with Gasteiger partial charge in [-0.05, 0) is 69.6 Å². The van der Waals surface area contributed by atoms with E-state index in [1.165, 1.54) is 0 Å². The summed E-state index contributed by atoms with van der Waals surface area (Å²) in [6.45, 7) is 4.72. The molecule has 344 valence electrons. The van der Waals surface area contributed by atoms with Crippen LogP contribution in [0.5, 0.6) is 0 Å². The highest BCUT2D eigenvalue weighted by atomic mass is 32.5. The van der Waals surface area contributed by atoms with E-state index in [1.54, 1.807) is 0 Å². The van der Waals surface area contributed by atoms with E-state index >= 15 is 0 Å². The van der Waals surface area contributed by atoms with Crippen LogP contribution in [0.2, 0.25) is 0 Å². The van der Waals surface area contributed by atoms with Crippen molar-refractivity contribution >= 4 is 41.9 Å². The van der Waals surface area contributed by atoms with Gasteiger partial charge in [0.1, 0.15) is 19.8 Å². The Labute approximate surface area is 368 Å². The van der Waals surface area contributed by atoms with Crippen molar-refractivity contribution in [2.24, 2.45) is 5.41 Å². The zero-order valence-electron chi connectivity index (χ0n) is 36.2. The molecule has 3 fully saturated rings. The van der Waals surface area contributed by atoms with Crippen molar-refractivity contribution in [3.05, 3.63) is 0 Å². The van der Waals surface area contributed by atoms with Gasteiger partial charge in [-0.3, -0.25) is 19.2 Å². The minimum Gasteiger partial charge on any atom is -0.377 e. The van der Waals surface area contributed by atoms with Crippen LogP contribution in [0.25, 0.3) is 0 Å². The Bertz CT molecular complexity index is 1390. The molecule has 3 rings (SSSR count). The fourth-order valence-electron chi connectivity index (χ4n) is 7.11. The summed E-state index contributed by atoms with van der Waals surface area (Å²) in [5, 5.41) is 11.9. The van der Waals surface area contributed by atoms with E-state index in [2.05, 4.69) is 39.0 Å². The van der Waals surface area contributed by atoms with Gasteiger partial charge in [-0.25, -0.2) is 0 Å². The van der Waals surface area contributed by atoms with Crippen molar-refractivity contribution in [2.45, 2.75) is 108 Å². The zero-order chi connectivity index (χ0) is 44.9. The lowest BCUT2D eigenvalue weighted by molar-refractivity contribution is -0.148. The Morgan fingerprint density at radius 3 is 1.30 bits per heavy atom. The van der Waals surface area contributed by atoms with Crippen LogP contribution in [0.15, 0.2) is 0 Å². The Kier molecular flexibility index (Phi) is 26.6. The lowest BCUT2D eigenvalue weighted by Gasteiger charge is -2.53. The number of hydrogen-bond acceptors (Lipinski definition) is 12. The molecule has 18 heteroatoms. The maximum atomic E-state index is 14.6. The summed E-state index contributed by atoms with van der Waals surface area (Å²) in [6, 6.07) is 0. The van der Waals surface area contributed by atoms with Crippen LogP contribution in [0.1, 0.15) is 90.9 Å². The van der Waals surface area contributed by atoms with E-state index in [1.807, 2.05) is 13.8 Å². The second-order valence-corrected chi connectivity index (χ2v) is 19.5. The highest BCUT2D eigenvalue weighted by Gasteiger charge is 2.55. The zero-order valence-corrected chi connectivity index (χ0v) is 37.9. The second-order valence-electron chi connectivity index (χ2n) is 15.6. The molecule has 16 nitrogen and oxygen atoms in total. The van der Waals surface area contributed by atoms with Crippen LogP contribution in [-0.2, 0) is 63.9 Å². The maximum absolute atomic E-state index is 14.6. The molecule has 4 amide bonds. The van der Waals surface area contributed by atoms with Crippen molar-refractivity contribution in [1.29, 1.82) is 0 Å². The van der Waals surface area contributed by atoms with Gasteiger partial charge in [0.25, 0.3) is 0 Å². The van der Waals surface area contributed by atoms with Crippen LogP contribution in [0.3, 0.4) is 0 Å². The van der Waals surface area contributed by atoms with Crippen LogP contribution < -0.4 is 21.3 Å². The van der Waals surface area contributed by atoms with Crippen LogP contribution in [0.4, 0.5) is 0 Å². The van der Waals surface area contributed by atoms with Crippen molar-refractivity contribution in [3.63, 3.8) is 0 Å². The van der Waals surface area contributed by atoms with E-state index in [9.17, 15) is 24.1 Å². The summed E-state index contributed by atoms with van der Waals surface area (Å²) in [4.78, 5) is 65.2. The number of rotatable bonds is 35. The summed E-state index contributed by atoms with van der Waals surface area (Å²) in [5.74, 6) is 6.15. The van der Waals surface area contributed by atoms with Gasteiger partial charge in [0.2, 0.25) is 23.6 Å². The standard InChI is InChI=1S/C43H69N4O12PS/c1-6-24-53-30-33-56-27-21-44-37(48)9-12-42(13-10-38(49)45-22-28-57-34-31-54-25-7-2,14-11-39(50)46-23-29-58-35-32-55-26-8-3)47-40(51)41-15-18-43(19-16-41,20-17-41)59-60(52,61)36(4)5/h1-3,36H,9-35H2,4-5H3,(H,44,48)(H,45,49)(H,46,50)(H,47,51)(H,52,61). The number of nitrogens with one attached hydrogen (secondary N) is 4. The highest BCUT2D eigenvalue weighted by Crippen LogP contribution is 2.61. The summed E-state index contributed by atoms with van der Waals surface area (Å²) in [6.07, 6.45) is 19.4. The molecule has 1 unspecified atom stereocenters. The van der Waals surface area contributed by atoms with Gasteiger partial charge in [0, 0.05) is 55.5 Å². The van der Waals surface area contributed by atoms with Gasteiger partial charge in [-0.1, -0.05) is 31.6 Å². The molecule has 3 aliphatic carbocycles. The van der Waals surface area contributed by atoms with E-state index in [4.69, 9.17) is 64.0 Å². The van der Waals surface area contributed by atoms with Crippen molar-refractivity contribution in [3.8, 4) is 37.0 Å². The molecule has 0 saturated heterocycles. The van der Waals surface area contributed by atoms with Gasteiger partial charge in [-0.15, -0.1) is 19.3 Å². The fraction of sp³-hybridized carbons (Fsp3) is 0.767. The number of amides is 4. The maximum Gasteiger partial charge on any atom is 0.226 e. The van der Waals surface area contributed by atoms with Gasteiger partial charge in [0.05, 0.1) is 65.1 Å². The number of hydrogen-bond donors (Lipinski definition) is 5. The Hall–Kier alpha value is -3.11. The molecule has 3 saturated carbocycles. The largest absolute Gasteiger partial charge is 0.377 e. The molecule has 61 heavy (non-hydrogen) atoms. The molecule has 0 radical (unpaired) electrons. The monoisotopic (exact) mass is 896 g/mol. The molecule has 3 aliphatic rings. The molecule has 1 atom stereocenters. The molecule has 0 aromatic heterocycles. The number of carbonyl (C=O) groups is 4. The first-order valence-corrected chi connectivity index (χ1v) is 23.9. The summed E-state index contributed by atoms with van der Waals surface area (Å²) in [5.41, 5.74) is -2.59. The average molecular weight is 897 g/mol. The van der Waals surface area contributed by atoms with Crippen LogP contribution in [0, 0.1) is 42.4 Å². The molecule has 0 heterocycles. The Morgan fingerprint density at radius 2 is 0.967 bits per heavy atom. The fourth-order valence-corrected chi connectivity index (χ4v) is 8.63. The minimum atomic E-state index is -3.02. The minimum absolute atomic E-state index is 0.0141. The summed E-state index contributed by atoms with van der Waals surface area (Å²) >= 11 is 5.49. The number of carbonyl (C=O) groups excluding carboxylic acids is 4. The number of terminal acetylenes is 3. The average Bonchev–Trinajstić information content (AvgIpc) is 3.24. The SMILES string of the molecule is C#CCOCCOCCNC(=O)CCC(CCC(=O)NCCOCCOCC#C)(CCC(=O)NCCOCCOCC#C)NC(=O)C12CCC(OP(O)(=S)C(C)C)(CC1)CC2. The van der Waals surface area contributed by atoms with Gasteiger partial charge in [-0.2, -0.15) is 0 Å². The lowest BCUT2D eigenvalue weighted by Crippen LogP contribution is -2.59. The van der Waals surface area contributed by atoms with Gasteiger partial charge >= 0.3 is 0 Å². The van der Waals surface area contributed by atoms with E-state index in [0.29, 0.717) is 78.2 Å². The molecule has 0 aromatic rings. The molecule has 2 bridgehead atoms. The summed E-state index contributed by atoms with van der Waals surface area (Å²) in [7, 11) is 0. The molecule has 0 aliphatic heterocycles. The predicted molar refractivity (Wildman–Crippen MR) is 235 cm³/mol. The lowest BCUT2D eigenvalue weighted by atomic mass is 9.58. The van der Waals surface area contributed by atoms with Crippen LogP contribution in [-0.4, -0.2) is 144 Å². The van der Waals surface area contributed by atoms with Crippen LogP contribution >= 0.6 is 6.49 Å². The molecule has 0 spiro atoms. The third-order valence-corrected chi connectivity index (χ3v) is 14.3. The quantitative estimate of drug-likeness (QED) is 0.0353. The summed E-state index contributed by atoms with van der Waals surface area (Å²) < 4.78 is 38.4. The van der Waals surface area contributed by atoms with Gasteiger partial charge < -0.3 is 59.1 Å². The highest BCUT2D eigenvalue weighted by molar-refractivity contribution is 8.09. The molecular weight excluding hydrogens is 828 g/mol. The van der Waals surface area contributed by atoms with Crippen molar-refractivity contribution in [1.82, 2.24) is 21.3 Å². The van der Waals surface area contributed by atoms with E-state index < -0.39 is 23.0 Å². The topological polar surface area (TPSA) is 201 Å². The normalized spacial score (nSPS) is 19.2. The smallest absolute Gasteiger partial charge is 0.226 e. The van der Waals surface area contributed by atoms with E-state index in [-0.39, 0.29) is 127 Å². The Balaban J connectivity index is 2.20. The second kappa shape index (κ2) is 30.1.